The van der Waals surface area contributed by atoms with Crippen LogP contribution < -0.4 is 5.32 Å². The van der Waals surface area contributed by atoms with E-state index < -0.39 is 0 Å². The fourth-order valence-electron chi connectivity index (χ4n) is 2.28. The van der Waals surface area contributed by atoms with Crippen molar-refractivity contribution in [2.24, 2.45) is 0 Å². The number of hydrogen-bond acceptors (Lipinski definition) is 2. The molecule has 1 aliphatic heterocycles. The number of hydrogen-bond donors (Lipinski definition) is 1. The van der Waals surface area contributed by atoms with Gasteiger partial charge in [0.25, 0.3) is 0 Å². The Bertz CT molecular complexity index is 426. The quantitative estimate of drug-likeness (QED) is 0.919. The second-order valence-corrected chi connectivity index (χ2v) is 5.56. The van der Waals surface area contributed by atoms with Gasteiger partial charge in [-0.05, 0) is 37.1 Å². The summed E-state index contributed by atoms with van der Waals surface area (Å²) in [4.78, 5) is 12.2. The summed E-state index contributed by atoms with van der Waals surface area (Å²) in [5.41, 5.74) is 0.931. The standard InChI is InChI=1S/C14H17Cl2NO/c15-11-6-5-10(8-12(11)16)9-14(18)13-4-2-1-3-7-17-13/h5-6,8,13,17H,1-4,7,9H2. The molecule has 0 aromatic heterocycles. The van der Waals surface area contributed by atoms with Gasteiger partial charge in [-0.15, -0.1) is 0 Å². The molecule has 2 nitrogen and oxygen atoms in total. The molecule has 2 rings (SSSR count). The maximum atomic E-state index is 12.2. The fourth-order valence-corrected chi connectivity index (χ4v) is 2.60. The molecule has 18 heavy (non-hydrogen) atoms. The Morgan fingerprint density at radius 2 is 2.06 bits per heavy atom. The van der Waals surface area contributed by atoms with Crippen LogP contribution in [-0.2, 0) is 11.2 Å². The van der Waals surface area contributed by atoms with Crippen molar-refractivity contribution < 1.29 is 4.79 Å². The number of halogens is 2. The van der Waals surface area contributed by atoms with E-state index in [2.05, 4.69) is 5.32 Å². The Labute approximate surface area is 118 Å². The summed E-state index contributed by atoms with van der Waals surface area (Å²) >= 11 is 11.8. The van der Waals surface area contributed by atoms with E-state index in [0.717, 1.165) is 31.4 Å². The maximum Gasteiger partial charge on any atom is 0.154 e. The van der Waals surface area contributed by atoms with Gasteiger partial charge in [0.15, 0.2) is 5.78 Å². The van der Waals surface area contributed by atoms with Crippen LogP contribution in [0, 0.1) is 0 Å². The lowest BCUT2D eigenvalue weighted by atomic mass is 10.0. The minimum atomic E-state index is 0.00181. The molecule has 1 unspecified atom stereocenters. The Hall–Kier alpha value is -0.570. The zero-order chi connectivity index (χ0) is 13.0. The number of rotatable bonds is 3. The number of ketones is 1. The molecule has 1 aromatic rings. The number of carbonyl (C=O) groups excluding carboxylic acids is 1. The fraction of sp³-hybridized carbons (Fsp3) is 0.500. The molecule has 1 heterocycles. The third-order valence-electron chi connectivity index (χ3n) is 3.31. The van der Waals surface area contributed by atoms with E-state index in [1.807, 2.05) is 6.07 Å². The lowest BCUT2D eigenvalue weighted by Crippen LogP contribution is -2.36. The topological polar surface area (TPSA) is 29.1 Å². The van der Waals surface area contributed by atoms with Crippen molar-refractivity contribution in [2.45, 2.75) is 38.1 Å². The molecule has 1 fully saturated rings. The van der Waals surface area contributed by atoms with Gasteiger partial charge in [-0.25, -0.2) is 0 Å². The Balaban J connectivity index is 1.99. The Morgan fingerprint density at radius 3 is 2.83 bits per heavy atom. The second kappa shape index (κ2) is 6.55. The summed E-state index contributed by atoms with van der Waals surface area (Å²) in [7, 11) is 0. The number of benzene rings is 1. The molecule has 0 spiro atoms. The lowest BCUT2D eigenvalue weighted by Gasteiger charge is -2.14. The molecular formula is C14H17Cl2NO. The molecule has 4 heteroatoms. The van der Waals surface area contributed by atoms with Crippen LogP contribution in [-0.4, -0.2) is 18.4 Å². The monoisotopic (exact) mass is 285 g/mol. The Morgan fingerprint density at radius 1 is 1.22 bits per heavy atom. The van der Waals surface area contributed by atoms with Crippen LogP contribution in [0.3, 0.4) is 0 Å². The summed E-state index contributed by atoms with van der Waals surface area (Å²) in [5.74, 6) is 0.246. The second-order valence-electron chi connectivity index (χ2n) is 4.75. The molecule has 0 saturated carbocycles. The van der Waals surface area contributed by atoms with Crippen molar-refractivity contribution >= 4 is 29.0 Å². The number of Topliss-reactive ketones (excluding diaryl/α,β-unsaturated/α-hetero) is 1. The van der Waals surface area contributed by atoms with E-state index in [4.69, 9.17) is 23.2 Å². The van der Waals surface area contributed by atoms with Crippen molar-refractivity contribution in [2.75, 3.05) is 6.54 Å². The highest BCUT2D eigenvalue weighted by Gasteiger charge is 2.19. The van der Waals surface area contributed by atoms with E-state index in [1.54, 1.807) is 12.1 Å². The van der Waals surface area contributed by atoms with Crippen molar-refractivity contribution in [3.63, 3.8) is 0 Å². The highest BCUT2D eigenvalue weighted by atomic mass is 35.5. The average Bonchev–Trinajstić information content (AvgIpc) is 2.62. The van der Waals surface area contributed by atoms with Gasteiger partial charge in [-0.1, -0.05) is 42.1 Å². The van der Waals surface area contributed by atoms with Crippen molar-refractivity contribution in [1.29, 1.82) is 0 Å². The van der Waals surface area contributed by atoms with Crippen LogP contribution in [0.25, 0.3) is 0 Å². The minimum Gasteiger partial charge on any atom is -0.307 e. The molecule has 0 bridgehead atoms. The normalized spacial score (nSPS) is 20.4. The third-order valence-corrected chi connectivity index (χ3v) is 4.05. The van der Waals surface area contributed by atoms with Gasteiger partial charge in [0.1, 0.15) is 0 Å². The van der Waals surface area contributed by atoms with Gasteiger partial charge in [0, 0.05) is 6.42 Å². The summed E-state index contributed by atoms with van der Waals surface area (Å²) in [6.07, 6.45) is 4.87. The molecule has 1 aliphatic rings. The van der Waals surface area contributed by atoms with E-state index in [0.29, 0.717) is 16.5 Å². The molecule has 1 N–H and O–H groups in total. The maximum absolute atomic E-state index is 12.2. The first-order chi connectivity index (χ1) is 8.66. The minimum absolute atomic E-state index is 0.00181. The first-order valence-electron chi connectivity index (χ1n) is 6.37. The number of nitrogens with one attached hydrogen (secondary N) is 1. The summed E-state index contributed by atoms with van der Waals surface area (Å²) in [6.45, 7) is 0.942. The summed E-state index contributed by atoms with van der Waals surface area (Å²) < 4.78 is 0. The van der Waals surface area contributed by atoms with Gasteiger partial charge < -0.3 is 5.32 Å². The summed E-state index contributed by atoms with van der Waals surface area (Å²) in [5, 5.41) is 4.36. The first-order valence-corrected chi connectivity index (χ1v) is 7.12. The van der Waals surface area contributed by atoms with E-state index in [-0.39, 0.29) is 11.8 Å². The van der Waals surface area contributed by atoms with E-state index in [9.17, 15) is 4.79 Å². The van der Waals surface area contributed by atoms with Crippen LogP contribution in [0.5, 0.6) is 0 Å². The number of carbonyl (C=O) groups is 1. The van der Waals surface area contributed by atoms with Crippen LogP contribution in [0.15, 0.2) is 18.2 Å². The van der Waals surface area contributed by atoms with Gasteiger partial charge >= 0.3 is 0 Å². The highest BCUT2D eigenvalue weighted by molar-refractivity contribution is 6.42. The molecule has 0 aliphatic carbocycles. The van der Waals surface area contributed by atoms with Crippen LogP contribution in [0.1, 0.15) is 31.2 Å². The molecule has 1 atom stereocenters. The van der Waals surface area contributed by atoms with E-state index in [1.165, 1.54) is 6.42 Å². The summed E-state index contributed by atoms with van der Waals surface area (Å²) in [6, 6.07) is 5.39. The molecule has 0 amide bonds. The molecule has 1 aromatic carbocycles. The predicted octanol–water partition coefficient (Wildman–Crippen LogP) is 3.64. The highest BCUT2D eigenvalue weighted by Crippen LogP contribution is 2.23. The first kappa shape index (κ1) is 13.9. The molecule has 0 radical (unpaired) electrons. The zero-order valence-electron chi connectivity index (χ0n) is 10.2. The molecular weight excluding hydrogens is 269 g/mol. The van der Waals surface area contributed by atoms with Crippen molar-refractivity contribution in [3.8, 4) is 0 Å². The van der Waals surface area contributed by atoms with Gasteiger partial charge in [0.05, 0.1) is 16.1 Å². The average molecular weight is 286 g/mol. The predicted molar refractivity (Wildman–Crippen MR) is 75.4 cm³/mol. The SMILES string of the molecule is O=C(Cc1ccc(Cl)c(Cl)c1)C1CCCCCN1. The van der Waals surface area contributed by atoms with Gasteiger partial charge in [0.2, 0.25) is 0 Å². The molecule has 1 saturated heterocycles. The van der Waals surface area contributed by atoms with Crippen LogP contribution >= 0.6 is 23.2 Å². The van der Waals surface area contributed by atoms with Gasteiger partial charge in [-0.3, -0.25) is 4.79 Å². The van der Waals surface area contributed by atoms with E-state index >= 15 is 0 Å². The zero-order valence-corrected chi connectivity index (χ0v) is 11.7. The van der Waals surface area contributed by atoms with Crippen LogP contribution in [0.4, 0.5) is 0 Å². The third kappa shape index (κ3) is 3.71. The lowest BCUT2D eigenvalue weighted by molar-refractivity contribution is -0.120. The van der Waals surface area contributed by atoms with Gasteiger partial charge in [-0.2, -0.15) is 0 Å². The van der Waals surface area contributed by atoms with Crippen molar-refractivity contribution in [1.82, 2.24) is 5.32 Å². The van der Waals surface area contributed by atoms with Crippen molar-refractivity contribution in [3.05, 3.63) is 33.8 Å². The Kier molecular flexibility index (Phi) is 5.04. The largest absolute Gasteiger partial charge is 0.307 e. The molecule has 98 valence electrons. The van der Waals surface area contributed by atoms with Crippen LogP contribution in [0.2, 0.25) is 10.0 Å². The smallest absolute Gasteiger partial charge is 0.154 e.